The lowest BCUT2D eigenvalue weighted by Crippen LogP contribution is -2.31. The first kappa shape index (κ1) is 70.7. The largest absolute Gasteiger partial charge is 0.497 e. The van der Waals surface area contributed by atoms with Crippen LogP contribution in [0.3, 0.4) is 0 Å². The molecule has 14 aromatic rings. The predicted molar refractivity (Wildman–Crippen MR) is 403 cm³/mol. The van der Waals surface area contributed by atoms with Gasteiger partial charge in [0.05, 0.1) is 167 Å². The van der Waals surface area contributed by atoms with E-state index in [9.17, 15) is 9.59 Å². The number of fused-ring (bicyclic) bond motifs is 3. The number of hydrogen-bond donors (Lipinski definition) is 2. The van der Waals surface area contributed by atoms with Gasteiger partial charge in [0.15, 0.2) is 0 Å². The Bertz CT molecular complexity index is 5370. The van der Waals surface area contributed by atoms with E-state index in [2.05, 4.69) is 68.0 Å². The zero-order valence-corrected chi connectivity index (χ0v) is 59.9. The van der Waals surface area contributed by atoms with Gasteiger partial charge >= 0.3 is 6.09 Å². The molecule has 29 nitrogen and oxygen atoms in total. The zero-order chi connectivity index (χ0) is 73.8. The van der Waals surface area contributed by atoms with Crippen molar-refractivity contribution in [1.29, 1.82) is 0 Å². The number of rotatable bonds is 23. The molecule has 0 saturated carbocycles. The maximum atomic E-state index is 13.1. The molecule has 6 aromatic carbocycles. The third kappa shape index (κ3) is 16.9. The van der Waals surface area contributed by atoms with E-state index >= 15 is 0 Å². The first-order valence-electron chi connectivity index (χ1n) is 33.5. The fraction of sp³-hybridized carbons (Fsp3) is 0.208. The average molecular weight is 1430 g/mol. The molecule has 29 heteroatoms. The topological polar surface area (TPSA) is 294 Å². The summed E-state index contributed by atoms with van der Waals surface area (Å²) >= 11 is 0. The number of benzene rings is 6. The molecule has 0 aliphatic carbocycles. The molecule has 0 bridgehead atoms. The summed E-state index contributed by atoms with van der Waals surface area (Å²) in [6.07, 6.45) is 20.8. The van der Waals surface area contributed by atoms with Crippen LogP contribution in [0.15, 0.2) is 202 Å². The number of ether oxygens (including phenoxy) is 7. The number of nitrogens with one attached hydrogen (secondary N) is 2. The van der Waals surface area contributed by atoms with E-state index in [1.807, 2.05) is 164 Å². The van der Waals surface area contributed by atoms with Crippen LogP contribution in [0.4, 0.5) is 44.6 Å². The fourth-order valence-corrected chi connectivity index (χ4v) is 11.8. The Balaban J connectivity index is 0.000000141. The minimum atomic E-state index is -0.418. The summed E-state index contributed by atoms with van der Waals surface area (Å²) in [5.74, 6) is 3.74. The average Bonchev–Trinajstić information content (AvgIpc) is 0.964. The van der Waals surface area contributed by atoms with Crippen molar-refractivity contribution in [1.82, 2.24) is 79.3 Å². The number of anilines is 7. The number of nitrogens with zero attached hydrogens (tertiary/aromatic N) is 18. The van der Waals surface area contributed by atoms with Crippen LogP contribution in [0.25, 0.3) is 66.9 Å². The summed E-state index contributed by atoms with van der Waals surface area (Å²) in [6.45, 7) is 4.24. The van der Waals surface area contributed by atoms with E-state index < -0.39 is 6.09 Å². The molecule has 0 radical (unpaired) electrons. The number of carbonyl (C=O) groups is 2. The highest BCUT2D eigenvalue weighted by atomic mass is 16.6. The lowest BCUT2D eigenvalue weighted by atomic mass is 10.1. The maximum Gasteiger partial charge on any atom is 0.407 e. The Labute approximate surface area is 609 Å². The van der Waals surface area contributed by atoms with Crippen LogP contribution in [0.5, 0.6) is 34.5 Å². The smallest absolute Gasteiger partial charge is 0.407 e. The van der Waals surface area contributed by atoms with Gasteiger partial charge in [-0.3, -0.25) is 43.5 Å². The van der Waals surface area contributed by atoms with Gasteiger partial charge in [-0.05, 0) is 79.7 Å². The molecule has 1 fully saturated rings. The Hall–Kier alpha value is -13.7. The van der Waals surface area contributed by atoms with E-state index in [0.717, 1.165) is 101 Å². The van der Waals surface area contributed by atoms with Gasteiger partial charge in [0, 0.05) is 164 Å². The van der Waals surface area contributed by atoms with E-state index in [1.165, 1.54) is 0 Å². The first-order chi connectivity index (χ1) is 51.6. The molecule has 1 aliphatic heterocycles. The molecule has 9 heterocycles. The van der Waals surface area contributed by atoms with Crippen molar-refractivity contribution in [2.24, 2.45) is 21.1 Å². The summed E-state index contributed by atoms with van der Waals surface area (Å²) < 4.78 is 45.5. The number of methoxy groups -OCH3 is 6. The van der Waals surface area contributed by atoms with Gasteiger partial charge in [0.25, 0.3) is 0 Å². The second-order valence-electron chi connectivity index (χ2n) is 24.5. The van der Waals surface area contributed by atoms with Gasteiger partial charge in [-0.1, -0.05) is 0 Å². The number of amides is 2. The quantitative estimate of drug-likeness (QED) is 0.0601. The number of carbonyl (C=O) groups excluding carboxylic acids is 2. The Morgan fingerprint density at radius 1 is 0.509 bits per heavy atom. The highest BCUT2D eigenvalue weighted by molar-refractivity contribution is 5.96. The van der Waals surface area contributed by atoms with Crippen molar-refractivity contribution in [2.75, 3.05) is 88.9 Å². The van der Waals surface area contributed by atoms with Crippen molar-refractivity contribution in [3.63, 3.8) is 0 Å². The van der Waals surface area contributed by atoms with Crippen LogP contribution >= 0.6 is 0 Å². The van der Waals surface area contributed by atoms with Gasteiger partial charge in [0.1, 0.15) is 47.1 Å². The first-order valence-corrected chi connectivity index (χ1v) is 33.5. The molecule has 0 spiro atoms. The predicted octanol–water partition coefficient (Wildman–Crippen LogP) is 11.9. The Morgan fingerprint density at radius 3 is 1.31 bits per heavy atom. The van der Waals surface area contributed by atoms with Crippen LogP contribution < -0.4 is 53.8 Å². The summed E-state index contributed by atoms with van der Waals surface area (Å²) in [7, 11) is 15.3. The minimum Gasteiger partial charge on any atom is -0.497 e. The van der Waals surface area contributed by atoms with E-state index in [1.54, 1.807) is 124 Å². The minimum absolute atomic E-state index is 0.0203. The summed E-state index contributed by atoms with van der Waals surface area (Å²) in [4.78, 5) is 63.2. The number of alkyl carbamates (subject to hydrolysis) is 1. The molecule has 2 N–H and O–H groups in total. The lowest BCUT2D eigenvalue weighted by molar-refractivity contribution is -0.114. The van der Waals surface area contributed by atoms with Crippen molar-refractivity contribution >= 4 is 84.9 Å². The van der Waals surface area contributed by atoms with Crippen molar-refractivity contribution < 1.29 is 42.7 Å². The zero-order valence-electron chi connectivity index (χ0n) is 59.9. The van der Waals surface area contributed by atoms with Crippen LogP contribution in [0.1, 0.15) is 5.69 Å². The standard InChI is InChI=1S/C27H25N7O3.C26H27N7O2.C24H24N6O4/c1-33-16-18(13-30-33)26-15-29-24-7-6-20(11-25(24)32-26)34(17-27(35)31-19-5-4-8-28-14-19)21-9-22(36-2)12-23(10-21)37-3;1-18-7-8-32(30-18)9-10-33(21-11-22(34-3)14-23(12-21)35-4)20-5-6-24-25(13-20)29-26(16-27-24)19-15-28-31(2)17-19;1-29-13-15(10-27-29)23-12-25-21-5-4-16(8-22(21)28-23)30(14-20-11-26-24(31)34-20)17-6-18(32-2)9-19(7-17)33-3/h4-16H,17H2,1-3H3,(H,31,35);5-8,11-17H,9-10H2,1-4H3;4-10,12-13,20H,11,14H2,1-3H3,(H,26,31). The lowest BCUT2D eigenvalue weighted by Gasteiger charge is -2.28. The van der Waals surface area contributed by atoms with E-state index in [0.29, 0.717) is 71.8 Å². The Morgan fingerprint density at radius 2 is 0.934 bits per heavy atom. The molecule has 8 aromatic heterocycles. The van der Waals surface area contributed by atoms with Crippen LogP contribution in [-0.2, 0) is 37.2 Å². The van der Waals surface area contributed by atoms with Gasteiger partial charge in [-0.2, -0.15) is 20.4 Å². The molecule has 106 heavy (non-hydrogen) atoms. The highest BCUT2D eigenvalue weighted by Gasteiger charge is 2.28. The molecule has 1 atom stereocenters. The summed E-state index contributed by atoms with van der Waals surface area (Å²) in [5.41, 5.74) is 16.2. The van der Waals surface area contributed by atoms with E-state index in [-0.39, 0.29) is 18.6 Å². The second-order valence-corrected chi connectivity index (χ2v) is 24.5. The molecular formula is C77H76N20O9. The van der Waals surface area contributed by atoms with Gasteiger partial charge in [-0.25, -0.2) is 19.7 Å². The SMILES string of the molecule is COc1cc(OC)cc(N(CC(=O)Nc2cccnc2)c2ccc3ncc(-c4cnn(C)c4)nc3c2)c1.COc1cc(OC)cc(N(CC2CNC(=O)O2)c2ccc3ncc(-c4cnn(C)c4)nc3c2)c1.COc1cc(OC)cc(N(CCn2ccc(C)n2)c2ccc3ncc(-c4cnn(C)c4)nc3c2)c1. The molecule has 1 saturated heterocycles. The van der Waals surface area contributed by atoms with Crippen LogP contribution in [0, 0.1) is 6.92 Å². The van der Waals surface area contributed by atoms with Crippen molar-refractivity contribution in [2.45, 2.75) is 19.6 Å². The molecular weight excluding hydrogens is 1350 g/mol. The molecule has 2 amide bonds. The number of aryl methyl sites for hydroxylation is 4. The molecule has 15 rings (SSSR count). The number of hydrogen-bond acceptors (Lipinski definition) is 23. The number of cyclic esters (lactones) is 1. The molecule has 538 valence electrons. The second kappa shape index (κ2) is 32.1. The van der Waals surface area contributed by atoms with E-state index in [4.69, 9.17) is 48.1 Å². The number of aromatic nitrogens is 15. The van der Waals surface area contributed by atoms with Crippen LogP contribution in [0.2, 0.25) is 0 Å². The summed E-state index contributed by atoms with van der Waals surface area (Å²) in [5, 5.41) is 22.9. The number of pyridine rings is 1. The van der Waals surface area contributed by atoms with Crippen molar-refractivity contribution in [3.8, 4) is 68.3 Å². The molecule has 1 aliphatic rings. The normalized spacial score (nSPS) is 12.3. The third-order valence-electron chi connectivity index (χ3n) is 17.2. The Kier molecular flexibility index (Phi) is 21.4. The van der Waals surface area contributed by atoms with Crippen molar-refractivity contribution in [3.05, 3.63) is 207 Å². The maximum absolute atomic E-state index is 13.1. The monoisotopic (exact) mass is 1420 g/mol. The van der Waals surface area contributed by atoms with Gasteiger partial charge in [0.2, 0.25) is 5.91 Å². The third-order valence-corrected chi connectivity index (χ3v) is 17.2. The van der Waals surface area contributed by atoms with Crippen LogP contribution in [-0.4, -0.2) is 161 Å². The van der Waals surface area contributed by atoms with Gasteiger partial charge in [-0.15, -0.1) is 0 Å². The summed E-state index contributed by atoms with van der Waals surface area (Å²) in [6, 6.07) is 40.2. The highest BCUT2D eigenvalue weighted by Crippen LogP contribution is 2.39. The fourth-order valence-electron chi connectivity index (χ4n) is 11.8. The van der Waals surface area contributed by atoms with Gasteiger partial charge < -0.3 is 58.5 Å². The molecule has 1 unspecified atom stereocenters.